The first kappa shape index (κ1) is 19.4. The standard InChI is InChI=1S/C20H15F3N2O3S/c21-20(22,23)12-1-3-14-11(5-6-28-16(14)8-12)7-18(27)24-13-2-4-17-15(9-13)25-19(10-26)29-17/h1-4,7-9,26H,5-6,10H2,(H,24,27). The number of benzene rings is 2. The van der Waals surface area contributed by atoms with Crippen LogP contribution < -0.4 is 10.1 Å². The van der Waals surface area contributed by atoms with E-state index in [1.54, 1.807) is 18.2 Å². The van der Waals surface area contributed by atoms with E-state index in [4.69, 9.17) is 4.74 Å². The number of fused-ring (bicyclic) bond motifs is 2. The lowest BCUT2D eigenvalue weighted by Gasteiger charge is -2.21. The molecule has 1 aliphatic heterocycles. The summed E-state index contributed by atoms with van der Waals surface area (Å²) in [5.41, 5.74) is 1.49. The molecule has 2 N–H and O–H groups in total. The van der Waals surface area contributed by atoms with Crippen LogP contribution in [0.3, 0.4) is 0 Å². The molecule has 0 aliphatic carbocycles. The average molecular weight is 420 g/mol. The third-order valence-corrected chi connectivity index (χ3v) is 5.44. The molecule has 0 atom stereocenters. The van der Waals surface area contributed by atoms with Gasteiger partial charge in [0.05, 0.1) is 29.0 Å². The van der Waals surface area contributed by atoms with Gasteiger partial charge in [-0.1, -0.05) is 6.07 Å². The van der Waals surface area contributed by atoms with Gasteiger partial charge < -0.3 is 15.2 Å². The summed E-state index contributed by atoms with van der Waals surface area (Å²) in [6.45, 7) is 0.0484. The van der Waals surface area contributed by atoms with Crippen molar-refractivity contribution in [2.75, 3.05) is 11.9 Å². The summed E-state index contributed by atoms with van der Waals surface area (Å²) >= 11 is 1.37. The predicted molar refractivity (Wildman–Crippen MR) is 104 cm³/mol. The SMILES string of the molecule is O=C(C=C1CCOc2cc(C(F)(F)F)ccc21)Nc1ccc2sc(CO)nc2c1. The highest BCUT2D eigenvalue weighted by atomic mass is 32.1. The largest absolute Gasteiger partial charge is 0.493 e. The van der Waals surface area contributed by atoms with E-state index in [-0.39, 0.29) is 19.0 Å². The predicted octanol–water partition coefficient (Wildman–Crippen LogP) is 4.61. The number of hydrogen-bond donors (Lipinski definition) is 2. The third-order valence-electron chi connectivity index (χ3n) is 4.42. The molecule has 0 fully saturated rings. The van der Waals surface area contributed by atoms with Crippen molar-refractivity contribution >= 4 is 38.7 Å². The number of aliphatic hydroxyl groups is 1. The first-order chi connectivity index (χ1) is 13.8. The number of nitrogens with zero attached hydrogens (tertiary/aromatic N) is 1. The second-order valence-corrected chi connectivity index (χ2v) is 7.53. The number of anilines is 1. The zero-order valence-electron chi connectivity index (χ0n) is 14.9. The number of alkyl halides is 3. The Morgan fingerprint density at radius 2 is 2.10 bits per heavy atom. The van der Waals surface area contributed by atoms with Crippen LogP contribution in [0.2, 0.25) is 0 Å². The first-order valence-corrected chi connectivity index (χ1v) is 9.51. The minimum atomic E-state index is -4.46. The number of thiazole rings is 1. The van der Waals surface area contributed by atoms with Crippen LogP contribution in [0.15, 0.2) is 42.5 Å². The van der Waals surface area contributed by atoms with Crippen LogP contribution in [0.4, 0.5) is 18.9 Å². The highest BCUT2D eigenvalue weighted by Crippen LogP contribution is 2.38. The molecular formula is C20H15F3N2O3S. The molecule has 1 aliphatic rings. The molecule has 4 rings (SSSR count). The van der Waals surface area contributed by atoms with Crippen molar-refractivity contribution in [1.82, 2.24) is 4.98 Å². The van der Waals surface area contributed by atoms with Gasteiger partial charge >= 0.3 is 6.18 Å². The van der Waals surface area contributed by atoms with Crippen LogP contribution in [0.25, 0.3) is 15.8 Å². The smallest absolute Gasteiger partial charge is 0.416 e. The molecule has 3 aromatic rings. The van der Waals surface area contributed by atoms with Crippen LogP contribution in [-0.2, 0) is 17.6 Å². The summed E-state index contributed by atoms with van der Waals surface area (Å²) in [5, 5.41) is 12.5. The van der Waals surface area contributed by atoms with E-state index < -0.39 is 17.6 Å². The monoisotopic (exact) mass is 420 g/mol. The normalized spacial score (nSPS) is 15.2. The number of hydrogen-bond acceptors (Lipinski definition) is 5. The molecule has 0 bridgehead atoms. The van der Waals surface area contributed by atoms with Gasteiger partial charge in [0.2, 0.25) is 5.91 Å². The number of nitrogens with one attached hydrogen (secondary N) is 1. The van der Waals surface area contributed by atoms with Crippen LogP contribution in [-0.4, -0.2) is 22.6 Å². The maximum atomic E-state index is 12.9. The van der Waals surface area contributed by atoms with E-state index in [9.17, 15) is 23.1 Å². The summed E-state index contributed by atoms with van der Waals surface area (Å²) < 4.78 is 44.9. The minimum absolute atomic E-state index is 0.116. The van der Waals surface area contributed by atoms with Gasteiger partial charge in [-0.15, -0.1) is 11.3 Å². The maximum absolute atomic E-state index is 12.9. The number of carbonyl (C=O) groups excluding carboxylic acids is 1. The Bertz CT molecular complexity index is 1120. The molecule has 2 aromatic carbocycles. The molecule has 0 saturated heterocycles. The zero-order valence-corrected chi connectivity index (χ0v) is 15.7. The lowest BCUT2D eigenvalue weighted by atomic mass is 9.97. The highest BCUT2D eigenvalue weighted by molar-refractivity contribution is 7.18. The van der Waals surface area contributed by atoms with E-state index in [0.29, 0.717) is 33.8 Å². The van der Waals surface area contributed by atoms with E-state index in [2.05, 4.69) is 10.3 Å². The summed E-state index contributed by atoms with van der Waals surface area (Å²) in [4.78, 5) is 16.7. The van der Waals surface area contributed by atoms with Crippen molar-refractivity contribution in [1.29, 1.82) is 0 Å². The van der Waals surface area contributed by atoms with E-state index >= 15 is 0 Å². The molecule has 29 heavy (non-hydrogen) atoms. The fraction of sp³-hybridized carbons (Fsp3) is 0.200. The van der Waals surface area contributed by atoms with Gasteiger partial charge in [-0.2, -0.15) is 13.2 Å². The van der Waals surface area contributed by atoms with Crippen molar-refractivity contribution in [2.45, 2.75) is 19.2 Å². The van der Waals surface area contributed by atoms with Crippen LogP contribution in [0, 0.1) is 0 Å². The van der Waals surface area contributed by atoms with Crippen molar-refractivity contribution in [3.05, 3.63) is 58.6 Å². The van der Waals surface area contributed by atoms with E-state index in [0.717, 1.165) is 16.8 Å². The van der Waals surface area contributed by atoms with Crippen LogP contribution in [0.1, 0.15) is 22.6 Å². The number of aliphatic hydroxyl groups excluding tert-OH is 1. The number of halogens is 3. The second-order valence-electron chi connectivity index (χ2n) is 6.41. The topological polar surface area (TPSA) is 71.5 Å². The molecule has 0 radical (unpaired) electrons. The van der Waals surface area contributed by atoms with Crippen molar-refractivity contribution in [2.24, 2.45) is 0 Å². The summed E-state index contributed by atoms with van der Waals surface area (Å²) in [6.07, 6.45) is -2.67. The quantitative estimate of drug-likeness (QED) is 0.607. The highest BCUT2D eigenvalue weighted by Gasteiger charge is 2.32. The molecule has 9 heteroatoms. The molecule has 150 valence electrons. The Balaban J connectivity index is 1.56. The Kier molecular flexibility index (Phi) is 5.01. The average Bonchev–Trinajstić information content (AvgIpc) is 3.09. The maximum Gasteiger partial charge on any atom is 0.416 e. The third kappa shape index (κ3) is 4.10. The fourth-order valence-electron chi connectivity index (χ4n) is 3.10. The zero-order chi connectivity index (χ0) is 20.6. The summed E-state index contributed by atoms with van der Waals surface area (Å²) in [7, 11) is 0. The Labute approximate surface area is 167 Å². The van der Waals surface area contributed by atoms with Gasteiger partial charge in [-0.05, 0) is 35.9 Å². The minimum Gasteiger partial charge on any atom is -0.493 e. The molecule has 0 saturated carbocycles. The first-order valence-electron chi connectivity index (χ1n) is 8.70. The van der Waals surface area contributed by atoms with Crippen LogP contribution >= 0.6 is 11.3 Å². The van der Waals surface area contributed by atoms with Crippen molar-refractivity contribution in [3.8, 4) is 5.75 Å². The summed E-state index contributed by atoms with van der Waals surface area (Å²) in [5.74, 6) is -0.282. The van der Waals surface area contributed by atoms with E-state index in [1.165, 1.54) is 23.5 Å². The lowest BCUT2D eigenvalue weighted by molar-refractivity contribution is -0.137. The lowest BCUT2D eigenvalue weighted by Crippen LogP contribution is -2.14. The summed E-state index contributed by atoms with van der Waals surface area (Å²) in [6, 6.07) is 8.50. The molecule has 2 heterocycles. The number of carbonyl (C=O) groups is 1. The molecule has 0 spiro atoms. The molecular weight excluding hydrogens is 405 g/mol. The van der Waals surface area contributed by atoms with Crippen molar-refractivity contribution < 1.29 is 27.8 Å². The van der Waals surface area contributed by atoms with Crippen molar-refractivity contribution in [3.63, 3.8) is 0 Å². The van der Waals surface area contributed by atoms with Crippen LogP contribution in [0.5, 0.6) is 5.75 Å². The molecule has 1 aromatic heterocycles. The molecule has 1 amide bonds. The van der Waals surface area contributed by atoms with E-state index in [1.807, 2.05) is 0 Å². The van der Waals surface area contributed by atoms with Gasteiger partial charge in [0.1, 0.15) is 10.8 Å². The van der Waals surface area contributed by atoms with Gasteiger partial charge in [-0.25, -0.2) is 4.98 Å². The number of rotatable bonds is 3. The fourth-order valence-corrected chi connectivity index (χ4v) is 3.90. The molecule has 0 unspecified atom stereocenters. The second kappa shape index (κ2) is 7.49. The van der Waals surface area contributed by atoms with Gasteiger partial charge in [-0.3, -0.25) is 4.79 Å². The number of ether oxygens (including phenoxy) is 1. The number of amides is 1. The van der Waals surface area contributed by atoms with Gasteiger partial charge in [0.25, 0.3) is 0 Å². The number of aromatic nitrogens is 1. The Morgan fingerprint density at radius 1 is 1.28 bits per heavy atom. The van der Waals surface area contributed by atoms with Gasteiger partial charge in [0.15, 0.2) is 0 Å². The Morgan fingerprint density at radius 3 is 2.86 bits per heavy atom. The molecule has 5 nitrogen and oxygen atoms in total. The van der Waals surface area contributed by atoms with Gasteiger partial charge in [0, 0.05) is 23.7 Å². The Hall–Kier alpha value is -2.91.